The zero-order chi connectivity index (χ0) is 14.0. The van der Waals surface area contributed by atoms with Gasteiger partial charge in [-0.2, -0.15) is 0 Å². The van der Waals surface area contributed by atoms with Gasteiger partial charge in [0.1, 0.15) is 5.82 Å². The van der Waals surface area contributed by atoms with E-state index in [9.17, 15) is 18.3 Å². The largest absolute Gasteiger partial charge is 0.388 e. The maximum atomic E-state index is 13.5. The van der Waals surface area contributed by atoms with E-state index in [1.807, 2.05) is 0 Å². The number of benzene rings is 2. The highest BCUT2D eigenvalue weighted by atomic mass is 79.9. The molecule has 2 aromatic rings. The maximum Gasteiger partial charge on any atom is 0.162 e. The highest BCUT2D eigenvalue weighted by Gasteiger charge is 2.15. The van der Waals surface area contributed by atoms with Gasteiger partial charge in [0, 0.05) is 6.42 Å². The molecule has 5 heteroatoms. The molecule has 0 aromatic heterocycles. The van der Waals surface area contributed by atoms with Crippen LogP contribution in [0.1, 0.15) is 17.2 Å². The summed E-state index contributed by atoms with van der Waals surface area (Å²) in [4.78, 5) is 0. The van der Waals surface area contributed by atoms with Gasteiger partial charge in [0.25, 0.3) is 0 Å². The van der Waals surface area contributed by atoms with Crippen LogP contribution >= 0.6 is 15.9 Å². The predicted octanol–water partition coefficient (Wildman–Crippen LogP) is 4.14. The van der Waals surface area contributed by atoms with Crippen molar-refractivity contribution in [2.45, 2.75) is 12.5 Å². The summed E-state index contributed by atoms with van der Waals surface area (Å²) in [5, 5.41) is 9.93. The van der Waals surface area contributed by atoms with Gasteiger partial charge in [0.2, 0.25) is 0 Å². The quantitative estimate of drug-likeness (QED) is 0.896. The summed E-state index contributed by atoms with van der Waals surface area (Å²) in [6, 6.07) is 7.89. The first-order valence-corrected chi connectivity index (χ1v) is 6.34. The molecule has 1 atom stereocenters. The first kappa shape index (κ1) is 14.1. The second kappa shape index (κ2) is 5.75. The summed E-state index contributed by atoms with van der Waals surface area (Å²) in [6.07, 6.45) is -1.22. The molecule has 0 amide bonds. The van der Waals surface area contributed by atoms with E-state index in [1.165, 1.54) is 24.3 Å². The van der Waals surface area contributed by atoms with Crippen LogP contribution in [0.4, 0.5) is 13.2 Å². The van der Waals surface area contributed by atoms with Gasteiger partial charge in [-0.05, 0) is 45.3 Å². The summed E-state index contributed by atoms with van der Waals surface area (Å²) in [5.74, 6) is -2.47. The van der Waals surface area contributed by atoms with E-state index >= 15 is 0 Å². The number of hydrogen-bond acceptors (Lipinski definition) is 1. The van der Waals surface area contributed by atoms with Crippen molar-refractivity contribution in [1.29, 1.82) is 0 Å². The van der Waals surface area contributed by atoms with E-state index in [0.717, 1.165) is 12.1 Å². The van der Waals surface area contributed by atoms with Crippen LogP contribution in [0.2, 0.25) is 0 Å². The van der Waals surface area contributed by atoms with Crippen molar-refractivity contribution in [3.05, 3.63) is 69.4 Å². The van der Waals surface area contributed by atoms with Gasteiger partial charge in [-0.1, -0.05) is 18.2 Å². The van der Waals surface area contributed by atoms with Crippen molar-refractivity contribution in [2.24, 2.45) is 0 Å². The van der Waals surface area contributed by atoms with Gasteiger partial charge >= 0.3 is 0 Å². The van der Waals surface area contributed by atoms with Gasteiger partial charge in [-0.25, -0.2) is 13.2 Å². The highest BCUT2D eigenvalue weighted by Crippen LogP contribution is 2.24. The van der Waals surface area contributed by atoms with E-state index in [1.54, 1.807) is 0 Å². The van der Waals surface area contributed by atoms with Crippen LogP contribution in [-0.4, -0.2) is 5.11 Å². The van der Waals surface area contributed by atoms with Crippen molar-refractivity contribution in [2.75, 3.05) is 0 Å². The molecule has 2 aromatic carbocycles. The predicted molar refractivity (Wildman–Crippen MR) is 69.1 cm³/mol. The Morgan fingerprint density at radius 2 is 1.79 bits per heavy atom. The summed E-state index contributed by atoms with van der Waals surface area (Å²) >= 11 is 3.00. The van der Waals surface area contributed by atoms with E-state index in [0.29, 0.717) is 5.56 Å². The lowest BCUT2D eigenvalue weighted by atomic mass is 10.0. The molecular weight excluding hydrogens is 321 g/mol. The fourth-order valence-corrected chi connectivity index (χ4v) is 2.00. The van der Waals surface area contributed by atoms with Gasteiger partial charge in [0.15, 0.2) is 11.6 Å². The third-order valence-electron chi connectivity index (χ3n) is 2.77. The van der Waals surface area contributed by atoms with Crippen molar-refractivity contribution in [3.63, 3.8) is 0 Å². The molecule has 1 N–H and O–H groups in total. The summed E-state index contributed by atoms with van der Waals surface area (Å²) < 4.78 is 40.1. The molecule has 1 unspecified atom stereocenters. The number of hydrogen-bond donors (Lipinski definition) is 1. The first-order valence-electron chi connectivity index (χ1n) is 5.55. The molecule has 0 saturated carbocycles. The molecule has 0 saturated heterocycles. The molecule has 2 rings (SSSR count). The van der Waals surface area contributed by atoms with Crippen molar-refractivity contribution >= 4 is 15.9 Å². The van der Waals surface area contributed by atoms with Crippen LogP contribution < -0.4 is 0 Å². The van der Waals surface area contributed by atoms with E-state index in [4.69, 9.17) is 0 Å². The Bertz CT molecular complexity index is 601. The molecule has 19 heavy (non-hydrogen) atoms. The molecule has 0 radical (unpaired) electrons. The molecule has 0 aliphatic heterocycles. The monoisotopic (exact) mass is 330 g/mol. The Kier molecular flexibility index (Phi) is 4.27. The molecule has 0 aliphatic carbocycles. The third kappa shape index (κ3) is 3.16. The number of rotatable bonds is 3. The molecule has 0 spiro atoms. The fraction of sp³-hybridized carbons (Fsp3) is 0.143. The third-order valence-corrected chi connectivity index (χ3v) is 3.42. The lowest BCUT2D eigenvalue weighted by molar-refractivity contribution is 0.176. The Morgan fingerprint density at radius 1 is 1.05 bits per heavy atom. The number of aliphatic hydroxyl groups excluding tert-OH is 1. The van der Waals surface area contributed by atoms with Crippen LogP contribution in [0.25, 0.3) is 0 Å². The number of aliphatic hydroxyl groups is 1. The van der Waals surface area contributed by atoms with Crippen LogP contribution in [0, 0.1) is 17.5 Å². The Morgan fingerprint density at radius 3 is 2.47 bits per heavy atom. The molecule has 0 bridgehead atoms. The van der Waals surface area contributed by atoms with Crippen molar-refractivity contribution in [3.8, 4) is 0 Å². The van der Waals surface area contributed by atoms with Crippen LogP contribution in [0.3, 0.4) is 0 Å². The number of halogens is 4. The maximum absolute atomic E-state index is 13.5. The molecule has 0 fully saturated rings. The second-order valence-corrected chi connectivity index (χ2v) is 4.96. The fourth-order valence-electron chi connectivity index (χ4n) is 1.75. The molecule has 1 nitrogen and oxygen atoms in total. The Balaban J connectivity index is 2.23. The van der Waals surface area contributed by atoms with Gasteiger partial charge in [-0.3, -0.25) is 0 Å². The minimum atomic E-state index is -1.10. The van der Waals surface area contributed by atoms with Crippen LogP contribution in [0.15, 0.2) is 40.9 Å². The van der Waals surface area contributed by atoms with Gasteiger partial charge < -0.3 is 5.11 Å². The van der Waals surface area contributed by atoms with Crippen molar-refractivity contribution < 1.29 is 18.3 Å². The topological polar surface area (TPSA) is 20.2 Å². The zero-order valence-corrected chi connectivity index (χ0v) is 11.3. The van der Waals surface area contributed by atoms with Gasteiger partial charge in [0.05, 0.1) is 10.6 Å². The molecular formula is C14H10BrF3O. The average Bonchev–Trinajstić information content (AvgIpc) is 2.38. The Labute approximate surface area is 116 Å². The summed E-state index contributed by atoms with van der Waals surface area (Å²) in [7, 11) is 0. The zero-order valence-electron chi connectivity index (χ0n) is 9.71. The van der Waals surface area contributed by atoms with Crippen LogP contribution in [0.5, 0.6) is 0 Å². The van der Waals surface area contributed by atoms with Gasteiger partial charge in [-0.15, -0.1) is 0 Å². The van der Waals surface area contributed by atoms with E-state index in [-0.39, 0.29) is 16.5 Å². The SMILES string of the molecule is OC(Cc1cccc(F)c1F)c1ccc(Br)c(F)c1. The summed E-state index contributed by atoms with van der Waals surface area (Å²) in [6.45, 7) is 0. The summed E-state index contributed by atoms with van der Waals surface area (Å²) in [5.41, 5.74) is 0.361. The standard InChI is InChI=1S/C14H10BrF3O/c15-10-5-4-8(6-12(10)17)13(19)7-9-2-1-3-11(16)14(9)18/h1-6,13,19H,7H2. The first-order chi connectivity index (χ1) is 8.99. The second-order valence-electron chi connectivity index (χ2n) is 4.11. The smallest absolute Gasteiger partial charge is 0.162 e. The molecule has 100 valence electrons. The lowest BCUT2D eigenvalue weighted by Crippen LogP contribution is -2.05. The van der Waals surface area contributed by atoms with Crippen molar-refractivity contribution in [1.82, 2.24) is 0 Å². The van der Waals surface area contributed by atoms with E-state index in [2.05, 4.69) is 15.9 Å². The van der Waals surface area contributed by atoms with Crippen LogP contribution in [-0.2, 0) is 6.42 Å². The minimum Gasteiger partial charge on any atom is -0.388 e. The normalized spacial score (nSPS) is 12.5. The highest BCUT2D eigenvalue weighted by molar-refractivity contribution is 9.10. The average molecular weight is 331 g/mol. The lowest BCUT2D eigenvalue weighted by Gasteiger charge is -2.12. The molecule has 0 aliphatic rings. The Hall–Kier alpha value is -1.33. The molecule has 0 heterocycles. The minimum absolute atomic E-state index is 0.0517. The van der Waals surface area contributed by atoms with E-state index < -0.39 is 23.6 Å².